The van der Waals surface area contributed by atoms with Crippen molar-refractivity contribution in [2.45, 2.75) is 52.9 Å². The topological polar surface area (TPSA) is 90.1 Å². The lowest BCUT2D eigenvalue weighted by Gasteiger charge is -2.19. The zero-order chi connectivity index (χ0) is 13.8. The minimum absolute atomic E-state index is 0.0283. The average molecular weight is 256 g/mol. The van der Waals surface area contributed by atoms with E-state index in [0.717, 1.165) is 0 Å². The van der Waals surface area contributed by atoms with E-state index in [0.29, 0.717) is 19.0 Å². The van der Waals surface area contributed by atoms with Crippen LogP contribution in [0.2, 0.25) is 0 Å². The first-order valence-electron chi connectivity index (χ1n) is 5.88. The van der Waals surface area contributed by atoms with Gasteiger partial charge in [-0.1, -0.05) is 6.92 Å². The number of carboxylic acids is 1. The summed E-state index contributed by atoms with van der Waals surface area (Å²) in [4.78, 5) is 10.6. The van der Waals surface area contributed by atoms with Crippen LogP contribution in [-0.4, -0.2) is 36.9 Å². The van der Waals surface area contributed by atoms with Crippen molar-refractivity contribution in [1.29, 1.82) is 0 Å². The number of ether oxygens (including phenoxy) is 1. The van der Waals surface area contributed by atoms with Gasteiger partial charge in [0.2, 0.25) is 0 Å². The highest BCUT2D eigenvalue weighted by atomic mass is 16.5. The number of rotatable bonds is 6. The Morgan fingerprint density at radius 1 is 1.50 bits per heavy atom. The minimum atomic E-state index is -0.817. The Hall–Kier alpha value is -1.50. The molecule has 0 aliphatic carbocycles. The lowest BCUT2D eigenvalue weighted by Crippen LogP contribution is -2.21. The van der Waals surface area contributed by atoms with Gasteiger partial charge in [0.05, 0.1) is 5.60 Å². The molecule has 0 spiro atoms. The van der Waals surface area contributed by atoms with Crippen LogP contribution in [0.5, 0.6) is 0 Å². The molecule has 102 valence electrons. The normalized spacial score (nSPS) is 13.6. The van der Waals surface area contributed by atoms with Crippen molar-refractivity contribution >= 4 is 5.97 Å². The van der Waals surface area contributed by atoms with Gasteiger partial charge in [0.25, 0.3) is 0 Å². The number of aromatic nitrogens is 4. The molecule has 1 atom stereocenters. The van der Waals surface area contributed by atoms with Gasteiger partial charge in [-0.3, -0.25) is 4.79 Å². The highest BCUT2D eigenvalue weighted by Crippen LogP contribution is 2.11. The number of tetrazole rings is 1. The fourth-order valence-corrected chi connectivity index (χ4v) is 1.41. The highest BCUT2D eigenvalue weighted by Gasteiger charge is 2.16. The van der Waals surface area contributed by atoms with Crippen LogP contribution in [0.25, 0.3) is 0 Å². The summed E-state index contributed by atoms with van der Waals surface area (Å²) < 4.78 is 7.19. The van der Waals surface area contributed by atoms with E-state index in [4.69, 9.17) is 9.84 Å². The van der Waals surface area contributed by atoms with Crippen LogP contribution in [0, 0.1) is 5.92 Å². The lowest BCUT2D eigenvalue weighted by atomic mass is 10.1. The van der Waals surface area contributed by atoms with Crippen molar-refractivity contribution in [2.24, 2.45) is 5.92 Å². The number of hydrogen-bond donors (Lipinski definition) is 1. The Labute approximate surface area is 106 Å². The molecule has 7 heteroatoms. The van der Waals surface area contributed by atoms with Gasteiger partial charge in [-0.2, -0.15) is 0 Å². The molecule has 0 bridgehead atoms. The van der Waals surface area contributed by atoms with E-state index < -0.39 is 5.97 Å². The van der Waals surface area contributed by atoms with E-state index in [1.165, 1.54) is 0 Å². The molecule has 0 aliphatic heterocycles. The van der Waals surface area contributed by atoms with Gasteiger partial charge >= 0.3 is 5.97 Å². The van der Waals surface area contributed by atoms with Crippen LogP contribution >= 0.6 is 0 Å². The number of aliphatic carboxylic acids is 1. The maximum atomic E-state index is 10.6. The molecule has 0 amide bonds. The zero-order valence-corrected chi connectivity index (χ0v) is 11.3. The minimum Gasteiger partial charge on any atom is -0.481 e. The van der Waals surface area contributed by atoms with E-state index >= 15 is 0 Å². The van der Waals surface area contributed by atoms with Crippen LogP contribution in [0.1, 0.15) is 39.9 Å². The Balaban J connectivity index is 2.57. The molecule has 1 N–H and O–H groups in total. The standard InChI is InChI=1S/C11H20N4O3/c1-8(5-10(16)17)6-15-9(12-13-14-15)7-18-11(2,3)4/h8H,5-7H2,1-4H3,(H,16,17). The molecular formula is C11H20N4O3. The van der Waals surface area contributed by atoms with Gasteiger partial charge < -0.3 is 9.84 Å². The van der Waals surface area contributed by atoms with Gasteiger partial charge in [0, 0.05) is 13.0 Å². The summed E-state index contributed by atoms with van der Waals surface area (Å²) >= 11 is 0. The molecule has 1 rings (SSSR count). The van der Waals surface area contributed by atoms with Crippen molar-refractivity contribution in [3.63, 3.8) is 0 Å². The Kier molecular flexibility index (Phi) is 4.77. The maximum absolute atomic E-state index is 10.6. The van der Waals surface area contributed by atoms with Gasteiger partial charge in [0.1, 0.15) is 6.61 Å². The summed E-state index contributed by atoms with van der Waals surface area (Å²) in [5.74, 6) is -0.232. The van der Waals surface area contributed by atoms with Gasteiger partial charge in [-0.15, -0.1) is 5.10 Å². The molecule has 0 fully saturated rings. The quantitative estimate of drug-likeness (QED) is 0.819. The molecule has 1 aromatic rings. The molecular weight excluding hydrogens is 236 g/mol. The summed E-state index contributed by atoms with van der Waals surface area (Å²) in [7, 11) is 0. The number of nitrogens with zero attached hydrogens (tertiary/aromatic N) is 4. The predicted molar refractivity (Wildman–Crippen MR) is 63.8 cm³/mol. The van der Waals surface area contributed by atoms with Crippen molar-refractivity contribution in [3.05, 3.63) is 5.82 Å². The molecule has 0 saturated heterocycles. The second-order valence-electron chi connectivity index (χ2n) is 5.38. The summed E-state index contributed by atoms with van der Waals surface area (Å²) in [5, 5.41) is 20.0. The molecule has 7 nitrogen and oxygen atoms in total. The first-order chi connectivity index (χ1) is 8.28. The first-order valence-corrected chi connectivity index (χ1v) is 5.88. The van der Waals surface area contributed by atoms with Crippen molar-refractivity contribution in [3.8, 4) is 0 Å². The molecule has 0 aromatic carbocycles. The third-order valence-electron chi connectivity index (χ3n) is 2.25. The third-order valence-corrected chi connectivity index (χ3v) is 2.25. The van der Waals surface area contributed by atoms with E-state index in [2.05, 4.69) is 15.5 Å². The van der Waals surface area contributed by atoms with Crippen molar-refractivity contribution in [2.75, 3.05) is 0 Å². The van der Waals surface area contributed by atoms with Crippen LogP contribution in [0.3, 0.4) is 0 Å². The predicted octanol–water partition coefficient (Wildman–Crippen LogP) is 1.10. The number of hydrogen-bond acceptors (Lipinski definition) is 5. The molecule has 18 heavy (non-hydrogen) atoms. The molecule has 1 unspecified atom stereocenters. The number of carboxylic acid groups (broad SMARTS) is 1. The van der Waals surface area contributed by atoms with Gasteiger partial charge in [-0.05, 0) is 37.1 Å². The Morgan fingerprint density at radius 2 is 2.17 bits per heavy atom. The summed E-state index contributed by atoms with van der Waals surface area (Å²) in [6.07, 6.45) is 0.0967. The maximum Gasteiger partial charge on any atom is 0.303 e. The second-order valence-corrected chi connectivity index (χ2v) is 5.38. The lowest BCUT2D eigenvalue weighted by molar-refractivity contribution is -0.138. The highest BCUT2D eigenvalue weighted by molar-refractivity contribution is 5.66. The van der Waals surface area contributed by atoms with Crippen molar-refractivity contribution < 1.29 is 14.6 Å². The van der Waals surface area contributed by atoms with E-state index in [9.17, 15) is 4.79 Å². The van der Waals surface area contributed by atoms with E-state index in [-0.39, 0.29) is 17.9 Å². The molecule has 0 radical (unpaired) electrons. The van der Waals surface area contributed by atoms with Crippen LogP contribution < -0.4 is 0 Å². The van der Waals surface area contributed by atoms with Crippen LogP contribution in [0.4, 0.5) is 0 Å². The first kappa shape index (κ1) is 14.6. The van der Waals surface area contributed by atoms with Crippen molar-refractivity contribution in [1.82, 2.24) is 20.2 Å². The summed E-state index contributed by atoms with van der Waals surface area (Å²) in [5.41, 5.74) is -0.260. The third kappa shape index (κ3) is 5.22. The average Bonchev–Trinajstić information content (AvgIpc) is 2.59. The second kappa shape index (κ2) is 5.90. The summed E-state index contributed by atoms with van der Waals surface area (Å²) in [6.45, 7) is 8.50. The largest absolute Gasteiger partial charge is 0.481 e. The van der Waals surface area contributed by atoms with Gasteiger partial charge in [-0.25, -0.2) is 4.68 Å². The number of carbonyl (C=O) groups is 1. The van der Waals surface area contributed by atoms with E-state index in [1.54, 1.807) is 4.68 Å². The SMILES string of the molecule is CC(CC(=O)O)Cn1nnnc1COC(C)(C)C. The molecule has 1 aromatic heterocycles. The zero-order valence-electron chi connectivity index (χ0n) is 11.3. The Bertz CT molecular complexity index is 397. The van der Waals surface area contributed by atoms with Gasteiger partial charge in [0.15, 0.2) is 5.82 Å². The van der Waals surface area contributed by atoms with E-state index in [1.807, 2.05) is 27.7 Å². The fraction of sp³-hybridized carbons (Fsp3) is 0.818. The Morgan fingerprint density at radius 3 is 2.72 bits per heavy atom. The smallest absolute Gasteiger partial charge is 0.303 e. The molecule has 0 aliphatic rings. The fourth-order valence-electron chi connectivity index (χ4n) is 1.41. The van der Waals surface area contributed by atoms with Crippen LogP contribution in [-0.2, 0) is 22.7 Å². The monoisotopic (exact) mass is 256 g/mol. The molecule has 1 heterocycles. The van der Waals surface area contributed by atoms with Crippen LogP contribution in [0.15, 0.2) is 0 Å². The molecule has 0 saturated carbocycles. The summed E-state index contributed by atoms with van der Waals surface area (Å²) in [6, 6.07) is 0.